The number of hydrogen-bond donors (Lipinski definition) is 1. The van der Waals surface area contributed by atoms with Crippen molar-refractivity contribution < 1.29 is 9.18 Å². The van der Waals surface area contributed by atoms with E-state index in [1.807, 2.05) is 0 Å². The first-order valence-electron chi connectivity index (χ1n) is 3.65. The topological polar surface area (TPSA) is 32.9 Å². The van der Waals surface area contributed by atoms with Gasteiger partial charge >= 0.3 is 0 Å². The van der Waals surface area contributed by atoms with Gasteiger partial charge in [0.1, 0.15) is 11.0 Å². The molecule has 0 unspecified atom stereocenters. The molecule has 1 N–H and O–H groups in total. The van der Waals surface area contributed by atoms with E-state index < -0.39 is 5.82 Å². The highest BCUT2D eigenvalue weighted by atomic mass is 35.5. The van der Waals surface area contributed by atoms with E-state index in [0.717, 1.165) is 0 Å². The number of rotatable bonds is 1. The van der Waals surface area contributed by atoms with Gasteiger partial charge in [-0.15, -0.1) is 0 Å². The molecule has 4 heteroatoms. The van der Waals surface area contributed by atoms with Crippen LogP contribution in [-0.4, -0.2) is 11.3 Å². The number of carbonyl (C=O) groups excluding carboxylic acids is 1. The van der Waals surface area contributed by atoms with E-state index in [1.54, 1.807) is 6.07 Å². The van der Waals surface area contributed by atoms with Gasteiger partial charge in [-0.3, -0.25) is 4.79 Å². The summed E-state index contributed by atoms with van der Waals surface area (Å²) >= 11 is 5.69. The third kappa shape index (κ3) is 1.12. The van der Waals surface area contributed by atoms with Gasteiger partial charge in [0, 0.05) is 5.39 Å². The minimum atomic E-state index is -0.410. The number of aromatic amines is 1. The highest BCUT2D eigenvalue weighted by molar-refractivity contribution is 6.34. The summed E-state index contributed by atoms with van der Waals surface area (Å²) in [5.74, 6) is -0.410. The molecule has 0 spiro atoms. The molecule has 2 nitrogen and oxygen atoms in total. The first-order chi connectivity index (χ1) is 6.24. The molecule has 2 aromatic rings. The molecule has 0 bridgehead atoms. The van der Waals surface area contributed by atoms with Gasteiger partial charge in [0.05, 0.1) is 11.1 Å². The molecule has 1 aromatic heterocycles. The minimum Gasteiger partial charge on any atom is -0.343 e. The van der Waals surface area contributed by atoms with Gasteiger partial charge in [-0.25, -0.2) is 4.39 Å². The molecule has 0 amide bonds. The molecule has 66 valence electrons. The zero-order chi connectivity index (χ0) is 9.42. The van der Waals surface area contributed by atoms with Crippen LogP contribution in [0.1, 0.15) is 10.4 Å². The number of benzene rings is 1. The van der Waals surface area contributed by atoms with E-state index in [1.165, 1.54) is 12.1 Å². The maximum atomic E-state index is 13.1. The highest BCUT2D eigenvalue weighted by Crippen LogP contribution is 2.25. The summed E-state index contributed by atoms with van der Waals surface area (Å²) in [7, 11) is 0. The number of halogens is 2. The molecule has 0 saturated heterocycles. The molecule has 2 rings (SSSR count). The summed E-state index contributed by atoms with van der Waals surface area (Å²) in [6.45, 7) is 0. The largest absolute Gasteiger partial charge is 0.343 e. The molecule has 1 aromatic carbocycles. The van der Waals surface area contributed by atoms with Crippen LogP contribution >= 0.6 is 11.6 Å². The van der Waals surface area contributed by atoms with Gasteiger partial charge in [-0.2, -0.15) is 0 Å². The summed E-state index contributed by atoms with van der Waals surface area (Å²) in [6.07, 6.45) is 0.612. The lowest BCUT2D eigenvalue weighted by molar-refractivity contribution is 0.112. The van der Waals surface area contributed by atoms with Crippen molar-refractivity contribution in [2.24, 2.45) is 0 Å². The van der Waals surface area contributed by atoms with Crippen molar-refractivity contribution in [3.63, 3.8) is 0 Å². The van der Waals surface area contributed by atoms with Gasteiger partial charge < -0.3 is 4.98 Å². The molecule has 0 radical (unpaired) electrons. The normalized spacial score (nSPS) is 10.6. The maximum absolute atomic E-state index is 13.1. The van der Waals surface area contributed by atoms with Crippen molar-refractivity contribution in [3.8, 4) is 0 Å². The van der Waals surface area contributed by atoms with Crippen LogP contribution in [0.4, 0.5) is 4.39 Å². The Bertz CT molecular complexity index is 478. The third-order valence-electron chi connectivity index (χ3n) is 1.89. The van der Waals surface area contributed by atoms with Crippen LogP contribution in [0.25, 0.3) is 10.9 Å². The molecule has 0 saturated carbocycles. The van der Waals surface area contributed by atoms with Gasteiger partial charge in [-0.1, -0.05) is 23.7 Å². The van der Waals surface area contributed by atoms with Crippen molar-refractivity contribution in [1.29, 1.82) is 0 Å². The van der Waals surface area contributed by atoms with E-state index >= 15 is 0 Å². The fourth-order valence-corrected chi connectivity index (χ4v) is 1.53. The predicted octanol–water partition coefficient (Wildman–Crippen LogP) is 2.77. The molecule has 0 aliphatic heterocycles. The first kappa shape index (κ1) is 8.26. The Balaban J connectivity index is 2.93. The third-order valence-corrected chi connectivity index (χ3v) is 2.19. The van der Waals surface area contributed by atoms with E-state index in [4.69, 9.17) is 11.6 Å². The minimum absolute atomic E-state index is 0.176. The average Bonchev–Trinajstić information content (AvgIpc) is 2.43. The fraction of sp³-hybridized carbons (Fsp3) is 0. The standard InChI is InChI=1S/C9H5ClFNO/c10-9-6(4-13)5-2-1-3-7(11)8(5)12-9/h1-4,12H. The number of carbonyl (C=O) groups is 1. The molecule has 0 atom stereocenters. The number of hydrogen-bond acceptors (Lipinski definition) is 1. The zero-order valence-corrected chi connectivity index (χ0v) is 7.23. The van der Waals surface area contributed by atoms with Crippen LogP contribution in [-0.2, 0) is 0 Å². The molecule has 0 aliphatic rings. The average molecular weight is 198 g/mol. The van der Waals surface area contributed by atoms with E-state index in [0.29, 0.717) is 17.2 Å². The molecule has 13 heavy (non-hydrogen) atoms. The van der Waals surface area contributed by atoms with Crippen molar-refractivity contribution in [1.82, 2.24) is 4.98 Å². The van der Waals surface area contributed by atoms with Crippen molar-refractivity contribution >= 4 is 28.8 Å². The molecule has 1 heterocycles. The smallest absolute Gasteiger partial charge is 0.153 e. The maximum Gasteiger partial charge on any atom is 0.153 e. The SMILES string of the molecule is O=Cc1c(Cl)[nH]c2c(F)cccc12. The Kier molecular flexibility index (Phi) is 1.81. The lowest BCUT2D eigenvalue weighted by atomic mass is 10.2. The van der Waals surface area contributed by atoms with Gasteiger partial charge in [0.2, 0.25) is 0 Å². The van der Waals surface area contributed by atoms with Crippen molar-refractivity contribution in [2.45, 2.75) is 0 Å². The summed E-state index contributed by atoms with van der Waals surface area (Å²) < 4.78 is 13.1. The zero-order valence-electron chi connectivity index (χ0n) is 6.47. The fourth-order valence-electron chi connectivity index (χ4n) is 1.29. The Morgan fingerprint density at radius 2 is 2.23 bits per heavy atom. The number of H-pyrrole nitrogens is 1. The van der Waals surface area contributed by atoms with Crippen molar-refractivity contribution in [3.05, 3.63) is 34.7 Å². The Morgan fingerprint density at radius 3 is 2.92 bits per heavy atom. The predicted molar refractivity (Wildman–Crippen MR) is 48.7 cm³/mol. The number of aldehydes is 1. The summed E-state index contributed by atoms with van der Waals surface area (Å²) in [4.78, 5) is 13.2. The Hall–Kier alpha value is -1.35. The second-order valence-corrected chi connectivity index (χ2v) is 3.01. The van der Waals surface area contributed by atoms with Crippen molar-refractivity contribution in [2.75, 3.05) is 0 Å². The van der Waals surface area contributed by atoms with Crippen LogP contribution in [0.2, 0.25) is 5.15 Å². The number of aromatic nitrogens is 1. The highest BCUT2D eigenvalue weighted by Gasteiger charge is 2.10. The Morgan fingerprint density at radius 1 is 1.46 bits per heavy atom. The van der Waals surface area contributed by atoms with E-state index in [-0.39, 0.29) is 10.7 Å². The summed E-state index contributed by atoms with van der Waals surface area (Å²) in [6, 6.07) is 4.49. The van der Waals surface area contributed by atoms with Crippen LogP contribution in [0, 0.1) is 5.82 Å². The first-order valence-corrected chi connectivity index (χ1v) is 4.02. The number of para-hydroxylation sites is 1. The quantitative estimate of drug-likeness (QED) is 0.701. The second kappa shape index (κ2) is 2.85. The van der Waals surface area contributed by atoms with Crippen LogP contribution in [0.5, 0.6) is 0 Å². The number of nitrogens with one attached hydrogen (secondary N) is 1. The van der Waals surface area contributed by atoms with Gasteiger partial charge in [0.25, 0.3) is 0 Å². The summed E-state index contributed by atoms with van der Waals surface area (Å²) in [5.41, 5.74) is 0.575. The molecular formula is C9H5ClFNO. The van der Waals surface area contributed by atoms with Crippen LogP contribution in [0.3, 0.4) is 0 Å². The van der Waals surface area contributed by atoms with Crippen LogP contribution < -0.4 is 0 Å². The number of fused-ring (bicyclic) bond motifs is 1. The second-order valence-electron chi connectivity index (χ2n) is 2.63. The lowest BCUT2D eigenvalue weighted by Gasteiger charge is -1.90. The summed E-state index contributed by atoms with van der Waals surface area (Å²) in [5, 5.41) is 0.690. The molecular weight excluding hydrogens is 193 g/mol. The van der Waals surface area contributed by atoms with Gasteiger partial charge in [0.15, 0.2) is 6.29 Å². The molecule has 0 aliphatic carbocycles. The van der Waals surface area contributed by atoms with Gasteiger partial charge in [-0.05, 0) is 6.07 Å². The monoisotopic (exact) mass is 197 g/mol. The van der Waals surface area contributed by atoms with E-state index in [2.05, 4.69) is 4.98 Å². The molecule has 0 fully saturated rings. The Labute approximate surface area is 78.3 Å². The van der Waals surface area contributed by atoms with Crippen LogP contribution in [0.15, 0.2) is 18.2 Å². The van der Waals surface area contributed by atoms with E-state index in [9.17, 15) is 9.18 Å². The lowest BCUT2D eigenvalue weighted by Crippen LogP contribution is -1.77.